The zero-order chi connectivity index (χ0) is 15.3. The Kier molecular flexibility index (Phi) is 6.10. The largest absolute Gasteiger partial charge is 0.495 e. The summed E-state index contributed by atoms with van der Waals surface area (Å²) in [5.74, 6) is 0.775. The van der Waals surface area contributed by atoms with Crippen LogP contribution in [-0.4, -0.2) is 26.2 Å². The van der Waals surface area contributed by atoms with Gasteiger partial charge in [-0.3, -0.25) is 4.79 Å². The van der Waals surface area contributed by atoms with E-state index in [0.717, 1.165) is 6.42 Å². The van der Waals surface area contributed by atoms with Crippen LogP contribution in [0.4, 0.5) is 5.69 Å². The fourth-order valence-electron chi connectivity index (χ4n) is 1.69. The molecule has 1 rings (SSSR count). The van der Waals surface area contributed by atoms with Crippen molar-refractivity contribution < 1.29 is 14.3 Å². The number of benzene rings is 1. The van der Waals surface area contributed by atoms with Gasteiger partial charge in [0.2, 0.25) is 5.91 Å². The third-order valence-corrected chi connectivity index (χ3v) is 3.59. The number of rotatable bonds is 6. The minimum atomic E-state index is -0.578. The van der Waals surface area contributed by atoms with Crippen LogP contribution in [0.15, 0.2) is 12.1 Å². The molecule has 0 fully saturated rings. The fraction of sp³-hybridized carbons (Fsp3) is 0.500. The van der Waals surface area contributed by atoms with E-state index in [0.29, 0.717) is 22.2 Å². The van der Waals surface area contributed by atoms with Crippen molar-refractivity contribution in [3.63, 3.8) is 0 Å². The average molecular weight is 301 g/mol. The number of ether oxygens (including phenoxy) is 2. The summed E-state index contributed by atoms with van der Waals surface area (Å²) >= 11 is 6.05. The van der Waals surface area contributed by atoms with Gasteiger partial charge in [0.1, 0.15) is 11.5 Å². The van der Waals surface area contributed by atoms with Crippen LogP contribution in [0.25, 0.3) is 0 Å². The van der Waals surface area contributed by atoms with E-state index >= 15 is 0 Å². The predicted octanol–water partition coefficient (Wildman–Crippen LogP) is 2.67. The molecule has 1 aromatic carbocycles. The number of nitrogens with one attached hydrogen (secondary N) is 1. The number of carbonyl (C=O) groups is 1. The van der Waals surface area contributed by atoms with Crippen LogP contribution >= 0.6 is 11.6 Å². The van der Waals surface area contributed by atoms with Crippen molar-refractivity contribution in [2.45, 2.75) is 26.3 Å². The van der Waals surface area contributed by atoms with Crippen molar-refractivity contribution in [1.82, 2.24) is 0 Å². The van der Waals surface area contributed by atoms with E-state index in [1.807, 2.05) is 13.8 Å². The number of hydrogen-bond donors (Lipinski definition) is 2. The number of nitrogens with two attached hydrogens (primary N) is 1. The summed E-state index contributed by atoms with van der Waals surface area (Å²) in [7, 11) is 3.02. The zero-order valence-corrected chi connectivity index (χ0v) is 13.0. The molecule has 112 valence electrons. The summed E-state index contributed by atoms with van der Waals surface area (Å²) in [4.78, 5) is 12.1. The number of amides is 1. The Morgan fingerprint density at radius 1 is 1.35 bits per heavy atom. The Balaban J connectivity index is 2.97. The molecule has 1 aromatic rings. The first-order valence-electron chi connectivity index (χ1n) is 6.42. The molecule has 2 atom stereocenters. The normalized spacial score (nSPS) is 13.5. The van der Waals surface area contributed by atoms with Crippen LogP contribution in [0.3, 0.4) is 0 Å². The van der Waals surface area contributed by atoms with Gasteiger partial charge in [-0.2, -0.15) is 0 Å². The highest BCUT2D eigenvalue weighted by atomic mass is 35.5. The lowest BCUT2D eigenvalue weighted by Gasteiger charge is -2.19. The molecule has 0 bridgehead atoms. The molecule has 0 aromatic heterocycles. The van der Waals surface area contributed by atoms with Crippen molar-refractivity contribution in [2.75, 3.05) is 19.5 Å². The van der Waals surface area contributed by atoms with Crippen LogP contribution in [0, 0.1) is 5.92 Å². The molecule has 1 unspecified atom stereocenters. The molecule has 0 radical (unpaired) electrons. The fourth-order valence-corrected chi connectivity index (χ4v) is 1.93. The average Bonchev–Trinajstić information content (AvgIpc) is 2.45. The van der Waals surface area contributed by atoms with Gasteiger partial charge in [-0.15, -0.1) is 0 Å². The quantitative estimate of drug-likeness (QED) is 0.847. The van der Waals surface area contributed by atoms with E-state index in [1.165, 1.54) is 14.2 Å². The van der Waals surface area contributed by atoms with E-state index < -0.39 is 6.04 Å². The molecule has 1 amide bonds. The van der Waals surface area contributed by atoms with E-state index in [1.54, 1.807) is 12.1 Å². The van der Waals surface area contributed by atoms with Crippen LogP contribution < -0.4 is 20.5 Å². The standard InChI is InChI=1S/C14H21ClN2O3/c1-5-8(2)13(16)14(18)17-10-6-9(15)11(19-3)7-12(10)20-4/h6-8,13H,5,16H2,1-4H3,(H,17,18)/t8?,13-/m0/s1. The van der Waals surface area contributed by atoms with Gasteiger partial charge in [0.15, 0.2) is 0 Å². The van der Waals surface area contributed by atoms with Gasteiger partial charge in [-0.05, 0) is 12.0 Å². The van der Waals surface area contributed by atoms with Crippen LogP contribution in [0.2, 0.25) is 5.02 Å². The molecule has 3 N–H and O–H groups in total. The Morgan fingerprint density at radius 3 is 2.45 bits per heavy atom. The highest BCUT2D eigenvalue weighted by Crippen LogP contribution is 2.35. The lowest BCUT2D eigenvalue weighted by Crippen LogP contribution is -2.40. The maximum atomic E-state index is 12.1. The second-order valence-electron chi connectivity index (χ2n) is 4.59. The lowest BCUT2D eigenvalue weighted by atomic mass is 9.99. The number of hydrogen-bond acceptors (Lipinski definition) is 4. The zero-order valence-electron chi connectivity index (χ0n) is 12.2. The summed E-state index contributed by atoms with van der Waals surface area (Å²) in [6.07, 6.45) is 0.828. The van der Waals surface area contributed by atoms with Crippen molar-refractivity contribution in [1.29, 1.82) is 0 Å². The molecule has 0 spiro atoms. The van der Waals surface area contributed by atoms with Gasteiger partial charge in [-0.1, -0.05) is 31.9 Å². The summed E-state index contributed by atoms with van der Waals surface area (Å²) in [6.45, 7) is 3.92. The van der Waals surface area contributed by atoms with Gasteiger partial charge >= 0.3 is 0 Å². The summed E-state index contributed by atoms with van der Waals surface area (Å²) in [5, 5.41) is 3.13. The van der Waals surface area contributed by atoms with Crippen LogP contribution in [0.1, 0.15) is 20.3 Å². The molecule has 0 aliphatic heterocycles. The summed E-state index contributed by atoms with van der Waals surface area (Å²) in [5.41, 5.74) is 6.37. The van der Waals surface area contributed by atoms with Gasteiger partial charge < -0.3 is 20.5 Å². The van der Waals surface area contributed by atoms with E-state index in [9.17, 15) is 4.79 Å². The second kappa shape index (κ2) is 7.36. The van der Waals surface area contributed by atoms with Crippen molar-refractivity contribution in [2.24, 2.45) is 11.7 Å². The first-order valence-corrected chi connectivity index (χ1v) is 6.80. The summed E-state index contributed by atoms with van der Waals surface area (Å²) < 4.78 is 10.3. The number of halogens is 1. The maximum absolute atomic E-state index is 12.1. The maximum Gasteiger partial charge on any atom is 0.241 e. The smallest absolute Gasteiger partial charge is 0.241 e. The van der Waals surface area contributed by atoms with Gasteiger partial charge in [0.25, 0.3) is 0 Å². The van der Waals surface area contributed by atoms with Crippen molar-refractivity contribution in [3.8, 4) is 11.5 Å². The van der Waals surface area contributed by atoms with Gasteiger partial charge in [-0.25, -0.2) is 0 Å². The monoisotopic (exact) mass is 300 g/mol. The molecule has 20 heavy (non-hydrogen) atoms. The molecule has 6 heteroatoms. The van der Waals surface area contributed by atoms with Crippen LogP contribution in [0.5, 0.6) is 11.5 Å². The third kappa shape index (κ3) is 3.77. The first-order chi connectivity index (χ1) is 9.44. The number of anilines is 1. The van der Waals surface area contributed by atoms with E-state index in [4.69, 9.17) is 26.8 Å². The van der Waals surface area contributed by atoms with Crippen molar-refractivity contribution in [3.05, 3.63) is 17.2 Å². The lowest BCUT2D eigenvalue weighted by molar-refractivity contribution is -0.118. The number of methoxy groups -OCH3 is 2. The molecule has 5 nitrogen and oxygen atoms in total. The van der Waals surface area contributed by atoms with Gasteiger partial charge in [0, 0.05) is 6.07 Å². The Bertz CT molecular complexity index is 480. The van der Waals surface area contributed by atoms with E-state index in [-0.39, 0.29) is 11.8 Å². The second-order valence-corrected chi connectivity index (χ2v) is 4.99. The third-order valence-electron chi connectivity index (χ3n) is 3.29. The predicted molar refractivity (Wildman–Crippen MR) is 80.6 cm³/mol. The first kappa shape index (κ1) is 16.6. The van der Waals surface area contributed by atoms with E-state index in [2.05, 4.69) is 5.32 Å². The SMILES string of the molecule is CCC(C)[C@H](N)C(=O)Nc1cc(Cl)c(OC)cc1OC. The van der Waals surface area contributed by atoms with Gasteiger partial charge in [0.05, 0.1) is 31.0 Å². The van der Waals surface area contributed by atoms with Crippen LogP contribution in [-0.2, 0) is 4.79 Å². The Hall–Kier alpha value is -1.46. The van der Waals surface area contributed by atoms with Crippen molar-refractivity contribution >= 4 is 23.2 Å². The molecular weight excluding hydrogens is 280 g/mol. The topological polar surface area (TPSA) is 73.6 Å². The Morgan fingerprint density at radius 2 is 1.95 bits per heavy atom. The highest BCUT2D eigenvalue weighted by molar-refractivity contribution is 6.32. The molecule has 0 saturated carbocycles. The molecule has 0 aliphatic carbocycles. The molecular formula is C14H21ClN2O3. The minimum Gasteiger partial charge on any atom is -0.495 e. The minimum absolute atomic E-state index is 0.0923. The summed E-state index contributed by atoms with van der Waals surface area (Å²) in [6, 6.07) is 2.62. The molecule has 0 aliphatic rings. The highest BCUT2D eigenvalue weighted by Gasteiger charge is 2.21. The number of carbonyl (C=O) groups excluding carboxylic acids is 1. The molecule has 0 saturated heterocycles. The Labute approximate surface area is 124 Å². The molecule has 0 heterocycles.